The SMILES string of the molecule is N#CC1(NC(=O)[C@@H]2CCCC[C@H]2c2oc(N3CCOCC3)nc2-c2ccccc2N2CCS(=O)(=O)CC2)CC1. The minimum absolute atomic E-state index is 0.0801. The standard InChI is InChI=1S/C28H35N5O5S/c29-19-28(9-10-28)31-26(34)21-6-2-1-5-20(21)25-24(30-27(38-25)33-11-15-37-16-12-33)22-7-3-4-8-23(22)32-13-17-39(35,36)18-14-32/h3-4,7-8,20-21H,1-2,5-6,9-18H2,(H,31,34)/t20-,21-/m1/s1. The van der Waals surface area contributed by atoms with E-state index in [-0.39, 0.29) is 29.2 Å². The van der Waals surface area contributed by atoms with Crippen LogP contribution in [0.3, 0.4) is 0 Å². The van der Waals surface area contributed by atoms with Crippen LogP contribution in [0.5, 0.6) is 0 Å². The largest absolute Gasteiger partial charge is 0.428 e. The van der Waals surface area contributed by atoms with Crippen molar-refractivity contribution in [1.29, 1.82) is 5.26 Å². The number of ether oxygens (including phenoxy) is 1. The number of rotatable bonds is 6. The van der Waals surface area contributed by atoms with Crippen molar-refractivity contribution in [2.45, 2.75) is 50.0 Å². The highest BCUT2D eigenvalue weighted by Gasteiger charge is 2.47. The summed E-state index contributed by atoms with van der Waals surface area (Å²) in [6.07, 6.45) is 4.85. The van der Waals surface area contributed by atoms with Crippen LogP contribution in [0.15, 0.2) is 28.7 Å². The van der Waals surface area contributed by atoms with Gasteiger partial charge in [-0.05, 0) is 31.7 Å². The second-order valence-corrected chi connectivity index (χ2v) is 13.4. The van der Waals surface area contributed by atoms with Crippen molar-refractivity contribution in [3.05, 3.63) is 30.0 Å². The van der Waals surface area contributed by atoms with Crippen LogP contribution in [0.2, 0.25) is 0 Å². The Kier molecular flexibility index (Phi) is 7.02. The van der Waals surface area contributed by atoms with Crippen LogP contribution < -0.4 is 15.1 Å². The summed E-state index contributed by atoms with van der Waals surface area (Å²) in [7, 11) is -3.03. The van der Waals surface area contributed by atoms with Gasteiger partial charge in [0, 0.05) is 49.3 Å². The van der Waals surface area contributed by atoms with Gasteiger partial charge in [0.1, 0.15) is 17.0 Å². The summed E-state index contributed by atoms with van der Waals surface area (Å²) in [6, 6.07) is 10.7. The summed E-state index contributed by atoms with van der Waals surface area (Å²) in [4.78, 5) is 22.7. The van der Waals surface area contributed by atoms with Crippen molar-refractivity contribution in [3.8, 4) is 17.3 Å². The highest BCUT2D eigenvalue weighted by atomic mass is 32.2. The molecule has 0 spiro atoms. The zero-order valence-corrected chi connectivity index (χ0v) is 22.9. The topological polar surface area (TPSA) is 129 Å². The Labute approximate surface area is 229 Å². The second-order valence-electron chi connectivity index (χ2n) is 11.1. The third-order valence-electron chi connectivity index (χ3n) is 8.53. The number of carbonyl (C=O) groups excluding carboxylic acids is 1. The van der Waals surface area contributed by atoms with Gasteiger partial charge in [-0.25, -0.2) is 8.42 Å². The number of amides is 1. The predicted octanol–water partition coefficient (Wildman–Crippen LogP) is 2.86. The number of hydrogen-bond donors (Lipinski definition) is 1. The lowest BCUT2D eigenvalue weighted by molar-refractivity contribution is -0.127. The second kappa shape index (κ2) is 10.5. The first-order chi connectivity index (χ1) is 18.9. The minimum Gasteiger partial charge on any atom is -0.428 e. The highest BCUT2D eigenvalue weighted by molar-refractivity contribution is 7.91. The molecule has 208 valence electrons. The van der Waals surface area contributed by atoms with Gasteiger partial charge in [0.2, 0.25) is 5.91 Å². The molecule has 4 aliphatic rings. The Hall–Kier alpha value is -3.10. The maximum atomic E-state index is 13.5. The van der Waals surface area contributed by atoms with E-state index < -0.39 is 15.4 Å². The van der Waals surface area contributed by atoms with Crippen LogP contribution in [0, 0.1) is 17.2 Å². The van der Waals surface area contributed by atoms with Crippen molar-refractivity contribution in [2.75, 3.05) is 60.7 Å². The molecule has 0 unspecified atom stereocenters. The number of oxazole rings is 1. The van der Waals surface area contributed by atoms with Crippen molar-refractivity contribution >= 4 is 27.4 Å². The van der Waals surface area contributed by atoms with Gasteiger partial charge in [-0.3, -0.25) is 4.79 Å². The lowest BCUT2D eigenvalue weighted by Crippen LogP contribution is -2.42. The van der Waals surface area contributed by atoms with E-state index in [2.05, 4.69) is 21.2 Å². The highest BCUT2D eigenvalue weighted by Crippen LogP contribution is 2.46. The Balaban J connectivity index is 1.39. The monoisotopic (exact) mass is 553 g/mol. The van der Waals surface area contributed by atoms with Crippen molar-refractivity contribution < 1.29 is 22.4 Å². The van der Waals surface area contributed by atoms with E-state index in [0.29, 0.717) is 69.7 Å². The number of carbonyl (C=O) groups is 1. The van der Waals surface area contributed by atoms with Gasteiger partial charge >= 0.3 is 0 Å². The average molecular weight is 554 g/mol. The van der Waals surface area contributed by atoms with E-state index in [9.17, 15) is 18.5 Å². The number of sulfone groups is 1. The van der Waals surface area contributed by atoms with Crippen LogP contribution in [0.1, 0.15) is 50.2 Å². The normalized spacial score (nSPS) is 26.0. The maximum absolute atomic E-state index is 13.5. The summed E-state index contributed by atoms with van der Waals surface area (Å²) < 4.78 is 36.4. The molecule has 11 heteroatoms. The Morgan fingerprint density at radius 3 is 2.49 bits per heavy atom. The van der Waals surface area contributed by atoms with Crippen molar-refractivity contribution in [2.24, 2.45) is 5.92 Å². The number of nitriles is 1. The van der Waals surface area contributed by atoms with Gasteiger partial charge < -0.3 is 24.3 Å². The molecule has 3 heterocycles. The van der Waals surface area contributed by atoms with Gasteiger partial charge in [-0.2, -0.15) is 10.2 Å². The minimum atomic E-state index is -3.03. The molecule has 2 saturated carbocycles. The molecule has 39 heavy (non-hydrogen) atoms. The first kappa shape index (κ1) is 26.1. The summed E-state index contributed by atoms with van der Waals surface area (Å²) in [5.41, 5.74) is 1.81. The van der Waals surface area contributed by atoms with Crippen LogP contribution in [-0.2, 0) is 19.4 Å². The van der Waals surface area contributed by atoms with E-state index >= 15 is 0 Å². The van der Waals surface area contributed by atoms with Crippen molar-refractivity contribution in [1.82, 2.24) is 10.3 Å². The number of para-hydroxylation sites is 1. The summed E-state index contributed by atoms with van der Waals surface area (Å²) in [6.45, 7) is 3.38. The number of morpholine rings is 1. The molecule has 2 aliphatic carbocycles. The molecule has 0 bridgehead atoms. The molecule has 1 N–H and O–H groups in total. The van der Waals surface area contributed by atoms with Crippen LogP contribution in [0.25, 0.3) is 11.3 Å². The summed E-state index contributed by atoms with van der Waals surface area (Å²) in [5.74, 6) is 0.398. The first-order valence-electron chi connectivity index (χ1n) is 14.0. The van der Waals surface area contributed by atoms with Gasteiger partial charge in [-0.15, -0.1) is 0 Å². The van der Waals surface area contributed by atoms with E-state index in [1.54, 1.807) is 0 Å². The summed E-state index contributed by atoms with van der Waals surface area (Å²) in [5, 5.41) is 12.6. The first-order valence-corrected chi connectivity index (χ1v) is 15.8. The lowest BCUT2D eigenvalue weighted by Gasteiger charge is -2.32. The molecular weight excluding hydrogens is 518 g/mol. The van der Waals surface area contributed by atoms with Gasteiger partial charge in [0.05, 0.1) is 30.8 Å². The molecule has 2 aromatic rings. The van der Waals surface area contributed by atoms with E-state index in [4.69, 9.17) is 14.1 Å². The molecule has 2 saturated heterocycles. The molecule has 2 atom stereocenters. The molecule has 1 aromatic carbocycles. The fourth-order valence-corrected chi connectivity index (χ4v) is 7.24. The van der Waals surface area contributed by atoms with Crippen LogP contribution >= 0.6 is 0 Å². The molecule has 10 nitrogen and oxygen atoms in total. The maximum Gasteiger partial charge on any atom is 0.298 e. The number of benzene rings is 1. The van der Waals surface area contributed by atoms with E-state index in [1.165, 1.54) is 0 Å². The average Bonchev–Trinajstić information content (AvgIpc) is 3.60. The lowest BCUT2D eigenvalue weighted by atomic mass is 9.76. The van der Waals surface area contributed by atoms with Gasteiger partial charge in [-0.1, -0.05) is 31.0 Å². The zero-order chi connectivity index (χ0) is 27.0. The molecule has 1 amide bonds. The Morgan fingerprint density at radius 1 is 1.05 bits per heavy atom. The van der Waals surface area contributed by atoms with Crippen LogP contribution in [-0.4, -0.2) is 75.7 Å². The number of nitrogens with one attached hydrogen (secondary N) is 1. The number of anilines is 2. The quantitative estimate of drug-likeness (QED) is 0.574. The van der Waals surface area contributed by atoms with E-state index in [0.717, 1.165) is 36.9 Å². The number of aromatic nitrogens is 1. The third kappa shape index (κ3) is 5.37. The third-order valence-corrected chi connectivity index (χ3v) is 10.1. The number of hydrogen-bond acceptors (Lipinski definition) is 9. The molecule has 6 rings (SSSR count). The molecular formula is C28H35N5O5S. The zero-order valence-electron chi connectivity index (χ0n) is 22.1. The fraction of sp³-hybridized carbons (Fsp3) is 0.607. The smallest absolute Gasteiger partial charge is 0.298 e. The molecule has 4 fully saturated rings. The van der Waals surface area contributed by atoms with Gasteiger partial charge in [0.25, 0.3) is 6.01 Å². The van der Waals surface area contributed by atoms with Crippen molar-refractivity contribution in [3.63, 3.8) is 0 Å². The van der Waals surface area contributed by atoms with Gasteiger partial charge in [0.15, 0.2) is 9.84 Å². The number of nitrogens with zero attached hydrogens (tertiary/aromatic N) is 4. The molecule has 0 radical (unpaired) electrons. The Morgan fingerprint density at radius 2 is 1.77 bits per heavy atom. The molecule has 1 aromatic heterocycles. The van der Waals surface area contributed by atoms with Crippen LogP contribution in [0.4, 0.5) is 11.7 Å². The Bertz CT molecular complexity index is 1360. The van der Waals surface area contributed by atoms with E-state index in [1.807, 2.05) is 24.3 Å². The fourth-order valence-electron chi connectivity index (χ4n) is 6.03. The summed E-state index contributed by atoms with van der Waals surface area (Å²) >= 11 is 0. The molecule has 2 aliphatic heterocycles. The predicted molar refractivity (Wildman–Crippen MR) is 146 cm³/mol.